The van der Waals surface area contributed by atoms with Crippen molar-refractivity contribution in [1.82, 2.24) is 14.1 Å². The van der Waals surface area contributed by atoms with E-state index in [1.54, 1.807) is 43.5 Å². The number of pyridine rings is 1. The fraction of sp³-hybridized carbons (Fsp3) is 0.200. The fourth-order valence-electron chi connectivity index (χ4n) is 3.61. The number of ether oxygens (including phenoxy) is 1. The number of aryl methyl sites for hydroxylation is 2. The third kappa shape index (κ3) is 4.55. The van der Waals surface area contributed by atoms with E-state index in [0.29, 0.717) is 11.4 Å². The van der Waals surface area contributed by atoms with Crippen molar-refractivity contribution in [2.75, 3.05) is 12.4 Å². The summed E-state index contributed by atoms with van der Waals surface area (Å²) in [6, 6.07) is 15.9. The molecular weight excluding hydrogens is 420 g/mol. The molecule has 0 radical (unpaired) electrons. The van der Waals surface area contributed by atoms with Gasteiger partial charge in [-0.05, 0) is 66.9 Å². The van der Waals surface area contributed by atoms with E-state index in [1.165, 1.54) is 10.8 Å². The van der Waals surface area contributed by atoms with Crippen molar-refractivity contribution in [2.24, 2.45) is 0 Å². The van der Waals surface area contributed by atoms with Gasteiger partial charge in [-0.1, -0.05) is 18.2 Å². The third-order valence-corrected chi connectivity index (χ3v) is 5.57. The van der Waals surface area contributed by atoms with Gasteiger partial charge in [0.05, 0.1) is 19.0 Å². The van der Waals surface area contributed by atoms with Crippen LogP contribution in [0.15, 0.2) is 70.4 Å². The lowest BCUT2D eigenvalue weighted by Crippen LogP contribution is -2.42. The van der Waals surface area contributed by atoms with Crippen LogP contribution in [0.1, 0.15) is 16.7 Å². The molecule has 4 rings (SSSR count). The van der Waals surface area contributed by atoms with Crippen LogP contribution in [0.25, 0.3) is 11.0 Å². The van der Waals surface area contributed by atoms with Crippen molar-refractivity contribution in [3.63, 3.8) is 0 Å². The average molecular weight is 444 g/mol. The molecule has 168 valence electrons. The molecule has 33 heavy (non-hydrogen) atoms. The summed E-state index contributed by atoms with van der Waals surface area (Å²) in [5.41, 5.74) is 2.68. The zero-order valence-electron chi connectivity index (χ0n) is 18.7. The first-order chi connectivity index (χ1) is 15.9. The number of carbonyl (C=O) groups excluding carboxylic acids is 1. The topological polar surface area (TPSA) is 95.2 Å². The van der Waals surface area contributed by atoms with Gasteiger partial charge in [-0.25, -0.2) is 9.78 Å². The first kappa shape index (κ1) is 22.0. The summed E-state index contributed by atoms with van der Waals surface area (Å²) in [5.74, 6) is 0.288. The van der Waals surface area contributed by atoms with Crippen molar-refractivity contribution in [3.8, 4) is 5.75 Å². The molecule has 8 nitrogen and oxygen atoms in total. The zero-order valence-corrected chi connectivity index (χ0v) is 18.7. The minimum atomic E-state index is -0.600. The maximum Gasteiger partial charge on any atom is 0.333 e. The lowest BCUT2D eigenvalue weighted by atomic mass is 10.1. The molecule has 0 bridgehead atoms. The summed E-state index contributed by atoms with van der Waals surface area (Å²) in [4.78, 5) is 43.4. The van der Waals surface area contributed by atoms with Crippen molar-refractivity contribution in [2.45, 2.75) is 26.9 Å². The molecule has 0 aliphatic carbocycles. The molecule has 1 N–H and O–H groups in total. The summed E-state index contributed by atoms with van der Waals surface area (Å²) < 4.78 is 7.52. The number of nitrogens with zero attached hydrogens (tertiary/aromatic N) is 3. The Hall–Kier alpha value is -4.20. The van der Waals surface area contributed by atoms with Crippen LogP contribution in [-0.4, -0.2) is 27.1 Å². The van der Waals surface area contributed by atoms with Gasteiger partial charge in [0.2, 0.25) is 5.91 Å². The lowest BCUT2D eigenvalue weighted by Gasteiger charge is -2.14. The van der Waals surface area contributed by atoms with Crippen LogP contribution in [0.3, 0.4) is 0 Å². The van der Waals surface area contributed by atoms with Gasteiger partial charge in [-0.2, -0.15) is 0 Å². The Morgan fingerprint density at radius 2 is 1.76 bits per heavy atom. The highest BCUT2D eigenvalue weighted by Crippen LogP contribution is 2.15. The minimum absolute atomic E-state index is 0.0608. The molecule has 0 saturated carbocycles. The lowest BCUT2D eigenvalue weighted by molar-refractivity contribution is -0.116. The largest absolute Gasteiger partial charge is 0.497 e. The van der Waals surface area contributed by atoms with Crippen LogP contribution in [-0.2, 0) is 17.9 Å². The molecule has 2 aromatic carbocycles. The smallest absolute Gasteiger partial charge is 0.333 e. The highest BCUT2D eigenvalue weighted by molar-refractivity contribution is 5.91. The predicted molar refractivity (Wildman–Crippen MR) is 127 cm³/mol. The number of methoxy groups -OCH3 is 1. The van der Waals surface area contributed by atoms with E-state index in [0.717, 1.165) is 21.3 Å². The first-order valence-corrected chi connectivity index (χ1v) is 10.5. The number of carbonyl (C=O) groups is 1. The van der Waals surface area contributed by atoms with Crippen LogP contribution in [0.2, 0.25) is 0 Å². The van der Waals surface area contributed by atoms with Crippen molar-refractivity contribution in [1.29, 1.82) is 0 Å². The molecule has 4 aromatic rings. The molecule has 1 amide bonds. The summed E-state index contributed by atoms with van der Waals surface area (Å²) in [6.07, 6.45) is 1.49. The monoisotopic (exact) mass is 444 g/mol. The predicted octanol–water partition coefficient (Wildman–Crippen LogP) is 2.87. The number of hydrogen-bond acceptors (Lipinski definition) is 5. The molecule has 8 heteroatoms. The number of hydrogen-bond donors (Lipinski definition) is 1. The maximum atomic E-state index is 13.3. The normalized spacial score (nSPS) is 10.9. The van der Waals surface area contributed by atoms with Gasteiger partial charge >= 0.3 is 5.69 Å². The Morgan fingerprint density at radius 3 is 2.45 bits per heavy atom. The molecule has 0 saturated heterocycles. The van der Waals surface area contributed by atoms with E-state index in [2.05, 4.69) is 10.3 Å². The third-order valence-electron chi connectivity index (χ3n) is 5.57. The standard InChI is InChI=1S/C25H24N4O4/c1-16-6-9-19(13-17(16)2)27-22(30)15-28-23-21(5-4-12-26-23)24(31)29(25(28)32)14-18-7-10-20(33-3)11-8-18/h4-13H,14-15H2,1-3H3,(H,27,30). The minimum Gasteiger partial charge on any atom is -0.497 e. The number of aromatic nitrogens is 3. The number of rotatable bonds is 6. The molecule has 2 aromatic heterocycles. The SMILES string of the molecule is COc1ccc(Cn2c(=O)c3cccnc3n(CC(=O)Nc3ccc(C)c(C)c3)c2=O)cc1. The van der Waals surface area contributed by atoms with Gasteiger partial charge in [-0.3, -0.25) is 18.7 Å². The number of anilines is 1. The second-order valence-corrected chi connectivity index (χ2v) is 7.83. The second-order valence-electron chi connectivity index (χ2n) is 7.83. The van der Waals surface area contributed by atoms with Crippen molar-refractivity contribution >= 4 is 22.6 Å². The summed E-state index contributed by atoms with van der Waals surface area (Å²) in [5, 5.41) is 3.09. The summed E-state index contributed by atoms with van der Waals surface area (Å²) in [7, 11) is 1.57. The molecule has 0 spiro atoms. The van der Waals surface area contributed by atoms with Gasteiger partial charge in [0, 0.05) is 11.9 Å². The molecule has 0 fully saturated rings. The van der Waals surface area contributed by atoms with E-state index in [1.807, 2.05) is 32.0 Å². The zero-order chi connectivity index (χ0) is 23.5. The molecule has 0 unspecified atom stereocenters. The van der Waals surface area contributed by atoms with Gasteiger partial charge in [0.25, 0.3) is 5.56 Å². The Labute approximate surface area is 190 Å². The molecule has 2 heterocycles. The van der Waals surface area contributed by atoms with Gasteiger partial charge in [0.1, 0.15) is 17.9 Å². The van der Waals surface area contributed by atoms with Gasteiger partial charge in [0.15, 0.2) is 0 Å². The van der Waals surface area contributed by atoms with E-state index in [-0.39, 0.29) is 30.0 Å². The van der Waals surface area contributed by atoms with Crippen LogP contribution in [0.4, 0.5) is 5.69 Å². The van der Waals surface area contributed by atoms with E-state index >= 15 is 0 Å². The molecular formula is C25H24N4O4. The van der Waals surface area contributed by atoms with E-state index in [9.17, 15) is 14.4 Å². The van der Waals surface area contributed by atoms with Crippen molar-refractivity contribution in [3.05, 3.63) is 98.3 Å². The first-order valence-electron chi connectivity index (χ1n) is 10.5. The Kier molecular flexibility index (Phi) is 6.08. The number of nitrogens with one attached hydrogen (secondary N) is 1. The highest BCUT2D eigenvalue weighted by atomic mass is 16.5. The van der Waals surface area contributed by atoms with E-state index in [4.69, 9.17) is 4.74 Å². The Balaban J connectivity index is 1.72. The number of benzene rings is 2. The molecule has 0 aliphatic heterocycles. The van der Waals surface area contributed by atoms with Crippen molar-refractivity contribution < 1.29 is 9.53 Å². The highest BCUT2D eigenvalue weighted by Gasteiger charge is 2.17. The quantitative estimate of drug-likeness (QED) is 0.493. The van der Waals surface area contributed by atoms with Gasteiger partial charge < -0.3 is 10.1 Å². The van der Waals surface area contributed by atoms with E-state index < -0.39 is 11.2 Å². The Morgan fingerprint density at radius 1 is 1.00 bits per heavy atom. The fourth-order valence-corrected chi connectivity index (χ4v) is 3.61. The number of fused-ring (bicyclic) bond motifs is 1. The Bertz CT molecular complexity index is 1450. The van der Waals surface area contributed by atoms with Crippen LogP contribution in [0, 0.1) is 13.8 Å². The van der Waals surface area contributed by atoms with Crippen LogP contribution in [0.5, 0.6) is 5.75 Å². The summed E-state index contributed by atoms with van der Waals surface area (Å²) in [6.45, 7) is 3.74. The van der Waals surface area contributed by atoms with Crippen LogP contribution >= 0.6 is 0 Å². The van der Waals surface area contributed by atoms with Crippen LogP contribution < -0.4 is 21.3 Å². The molecule has 0 aliphatic rings. The number of amides is 1. The van der Waals surface area contributed by atoms with Gasteiger partial charge in [-0.15, -0.1) is 0 Å². The summed E-state index contributed by atoms with van der Waals surface area (Å²) >= 11 is 0. The maximum absolute atomic E-state index is 13.3. The average Bonchev–Trinajstić information content (AvgIpc) is 2.82. The molecule has 0 atom stereocenters. The second kappa shape index (κ2) is 9.12.